The van der Waals surface area contributed by atoms with Gasteiger partial charge in [0.15, 0.2) is 5.82 Å². The number of rotatable bonds is 3. The van der Waals surface area contributed by atoms with E-state index in [9.17, 15) is 4.39 Å². The Labute approximate surface area is 115 Å². The molecule has 1 aliphatic heterocycles. The lowest BCUT2D eigenvalue weighted by Crippen LogP contribution is -2.35. The number of thioether (sulfide) groups is 1. The molecule has 2 N–H and O–H groups in total. The van der Waals surface area contributed by atoms with Gasteiger partial charge in [0.2, 0.25) is 5.95 Å². The number of aromatic nitrogens is 2. The standard InChI is InChI=1S/C13H17FN4S/c14-10-2-1-3-11-12(10)16-13(15)18(11)5-4-17-6-8-19-9-7-17/h1-3H,4-9H2,(H2,15,16). The highest BCUT2D eigenvalue weighted by atomic mass is 32.2. The molecule has 0 radical (unpaired) electrons. The van der Waals surface area contributed by atoms with Crippen LogP contribution >= 0.6 is 11.8 Å². The molecule has 4 nitrogen and oxygen atoms in total. The summed E-state index contributed by atoms with van der Waals surface area (Å²) in [5, 5.41) is 0. The first-order valence-corrected chi connectivity index (χ1v) is 7.61. The van der Waals surface area contributed by atoms with Crippen LogP contribution in [0.3, 0.4) is 0 Å². The van der Waals surface area contributed by atoms with Gasteiger partial charge in [-0.2, -0.15) is 11.8 Å². The summed E-state index contributed by atoms with van der Waals surface area (Å²) in [4.78, 5) is 6.54. The number of fused-ring (bicyclic) bond motifs is 1. The Hall–Kier alpha value is -1.27. The Morgan fingerprint density at radius 1 is 1.26 bits per heavy atom. The molecule has 0 bridgehead atoms. The SMILES string of the molecule is Nc1nc2c(F)cccc2n1CCN1CCSCC1. The largest absolute Gasteiger partial charge is 0.369 e. The van der Waals surface area contributed by atoms with Crippen LogP contribution in [0.25, 0.3) is 11.0 Å². The Morgan fingerprint density at radius 2 is 2.05 bits per heavy atom. The fraction of sp³-hybridized carbons (Fsp3) is 0.462. The molecule has 1 fully saturated rings. The molecular formula is C13H17FN4S. The summed E-state index contributed by atoms with van der Waals surface area (Å²) in [7, 11) is 0. The van der Waals surface area contributed by atoms with Crippen LogP contribution in [0.15, 0.2) is 18.2 Å². The van der Waals surface area contributed by atoms with E-state index in [1.54, 1.807) is 6.07 Å². The summed E-state index contributed by atoms with van der Waals surface area (Å²) in [5.41, 5.74) is 7.05. The first-order valence-electron chi connectivity index (χ1n) is 6.46. The van der Waals surface area contributed by atoms with Gasteiger partial charge in [0.05, 0.1) is 5.52 Å². The van der Waals surface area contributed by atoms with Crippen LogP contribution in [0.5, 0.6) is 0 Å². The molecule has 2 aromatic rings. The molecule has 0 atom stereocenters. The van der Waals surface area contributed by atoms with Crippen molar-refractivity contribution in [2.45, 2.75) is 6.54 Å². The van der Waals surface area contributed by atoms with Gasteiger partial charge in [-0.05, 0) is 12.1 Å². The second-order valence-corrected chi connectivity index (χ2v) is 5.91. The van der Waals surface area contributed by atoms with Crippen molar-refractivity contribution in [3.05, 3.63) is 24.0 Å². The second kappa shape index (κ2) is 5.38. The predicted octanol–water partition coefficient (Wildman–Crippen LogP) is 1.81. The monoisotopic (exact) mass is 280 g/mol. The van der Waals surface area contributed by atoms with Crippen LogP contribution in [0.1, 0.15) is 0 Å². The van der Waals surface area contributed by atoms with Crippen molar-refractivity contribution in [2.24, 2.45) is 0 Å². The average Bonchev–Trinajstić information content (AvgIpc) is 2.75. The molecule has 102 valence electrons. The van der Waals surface area contributed by atoms with E-state index in [1.165, 1.54) is 17.6 Å². The molecule has 6 heteroatoms. The Kier molecular flexibility index (Phi) is 3.61. The summed E-state index contributed by atoms with van der Waals surface area (Å²) < 4.78 is 15.5. The number of anilines is 1. The quantitative estimate of drug-likeness (QED) is 0.931. The van der Waals surface area contributed by atoms with Crippen LogP contribution in [0.2, 0.25) is 0 Å². The van der Waals surface area contributed by atoms with Gasteiger partial charge >= 0.3 is 0 Å². The van der Waals surface area contributed by atoms with Crippen molar-refractivity contribution < 1.29 is 4.39 Å². The highest BCUT2D eigenvalue weighted by Crippen LogP contribution is 2.20. The lowest BCUT2D eigenvalue weighted by atomic mass is 10.3. The Morgan fingerprint density at radius 3 is 2.84 bits per heavy atom. The van der Waals surface area contributed by atoms with Crippen LogP contribution in [0.4, 0.5) is 10.3 Å². The maximum Gasteiger partial charge on any atom is 0.201 e. The number of nitrogen functional groups attached to an aromatic ring is 1. The van der Waals surface area contributed by atoms with Gasteiger partial charge in [-0.1, -0.05) is 6.07 Å². The van der Waals surface area contributed by atoms with E-state index >= 15 is 0 Å². The minimum Gasteiger partial charge on any atom is -0.369 e. The third-order valence-electron chi connectivity index (χ3n) is 3.50. The molecule has 0 spiro atoms. The van der Waals surface area contributed by atoms with Crippen LogP contribution in [-0.2, 0) is 6.54 Å². The number of nitrogens with two attached hydrogens (primary N) is 1. The molecule has 2 heterocycles. The zero-order valence-corrected chi connectivity index (χ0v) is 11.5. The minimum absolute atomic E-state index is 0.308. The smallest absolute Gasteiger partial charge is 0.201 e. The van der Waals surface area contributed by atoms with Crippen LogP contribution in [-0.4, -0.2) is 45.6 Å². The number of para-hydroxylation sites is 1. The Balaban J connectivity index is 1.80. The maximum atomic E-state index is 13.6. The zero-order valence-electron chi connectivity index (χ0n) is 10.7. The highest BCUT2D eigenvalue weighted by molar-refractivity contribution is 7.99. The van der Waals surface area contributed by atoms with Crippen molar-refractivity contribution in [2.75, 3.05) is 36.9 Å². The van der Waals surface area contributed by atoms with Gasteiger partial charge in [0, 0.05) is 37.7 Å². The minimum atomic E-state index is -0.308. The summed E-state index contributed by atoms with van der Waals surface area (Å²) in [5.74, 6) is 2.47. The lowest BCUT2D eigenvalue weighted by Gasteiger charge is -2.26. The number of nitrogens with zero attached hydrogens (tertiary/aromatic N) is 3. The fourth-order valence-electron chi connectivity index (χ4n) is 2.43. The zero-order chi connectivity index (χ0) is 13.2. The van der Waals surface area contributed by atoms with Crippen molar-refractivity contribution in [3.63, 3.8) is 0 Å². The number of halogens is 1. The first-order chi connectivity index (χ1) is 9.25. The summed E-state index contributed by atoms with van der Waals surface area (Å²) in [6, 6.07) is 4.99. The molecule has 0 aliphatic carbocycles. The number of hydrogen-bond donors (Lipinski definition) is 1. The van der Waals surface area contributed by atoms with Gasteiger partial charge in [0.25, 0.3) is 0 Å². The summed E-state index contributed by atoms with van der Waals surface area (Å²) in [6.45, 7) is 3.93. The van der Waals surface area contributed by atoms with Gasteiger partial charge in [-0.3, -0.25) is 4.90 Å². The van der Waals surface area contributed by atoms with E-state index in [0.29, 0.717) is 11.5 Å². The summed E-state index contributed by atoms with van der Waals surface area (Å²) in [6.07, 6.45) is 0. The normalized spacial score (nSPS) is 17.1. The second-order valence-electron chi connectivity index (χ2n) is 4.68. The first kappa shape index (κ1) is 12.7. The average molecular weight is 280 g/mol. The van der Waals surface area contributed by atoms with Crippen LogP contribution in [0, 0.1) is 5.82 Å². The molecule has 3 rings (SSSR count). The molecule has 0 amide bonds. The third-order valence-corrected chi connectivity index (χ3v) is 4.45. The lowest BCUT2D eigenvalue weighted by molar-refractivity contribution is 0.291. The van der Waals surface area contributed by atoms with Gasteiger partial charge in [-0.15, -0.1) is 0 Å². The van der Waals surface area contributed by atoms with E-state index < -0.39 is 0 Å². The predicted molar refractivity (Wildman–Crippen MR) is 77.9 cm³/mol. The Bertz CT molecular complexity index is 577. The van der Waals surface area contributed by atoms with Gasteiger partial charge in [0.1, 0.15) is 5.52 Å². The molecular weight excluding hydrogens is 263 g/mol. The topological polar surface area (TPSA) is 47.1 Å². The number of benzene rings is 1. The van der Waals surface area contributed by atoms with Gasteiger partial charge in [-0.25, -0.2) is 9.37 Å². The molecule has 0 saturated carbocycles. The fourth-order valence-corrected chi connectivity index (χ4v) is 3.41. The van der Waals surface area contributed by atoms with E-state index in [0.717, 1.165) is 31.7 Å². The van der Waals surface area contributed by atoms with Crippen molar-refractivity contribution >= 4 is 28.7 Å². The van der Waals surface area contributed by atoms with Crippen molar-refractivity contribution in [1.29, 1.82) is 0 Å². The van der Waals surface area contributed by atoms with E-state index in [4.69, 9.17) is 5.73 Å². The third kappa shape index (κ3) is 2.55. The molecule has 1 aliphatic rings. The number of imidazole rings is 1. The molecule has 0 unspecified atom stereocenters. The van der Waals surface area contributed by atoms with Crippen molar-refractivity contribution in [3.8, 4) is 0 Å². The molecule has 1 aromatic heterocycles. The molecule has 1 aromatic carbocycles. The van der Waals surface area contributed by atoms with Crippen molar-refractivity contribution in [1.82, 2.24) is 14.5 Å². The number of hydrogen-bond acceptors (Lipinski definition) is 4. The maximum absolute atomic E-state index is 13.6. The van der Waals surface area contributed by atoms with E-state index in [2.05, 4.69) is 9.88 Å². The molecule has 19 heavy (non-hydrogen) atoms. The molecule has 1 saturated heterocycles. The van der Waals surface area contributed by atoms with Gasteiger partial charge < -0.3 is 10.3 Å². The summed E-state index contributed by atoms with van der Waals surface area (Å²) >= 11 is 1.99. The van der Waals surface area contributed by atoms with E-state index in [-0.39, 0.29) is 5.82 Å². The highest BCUT2D eigenvalue weighted by Gasteiger charge is 2.14. The van der Waals surface area contributed by atoms with Crippen LogP contribution < -0.4 is 5.73 Å². The van der Waals surface area contributed by atoms with E-state index in [1.807, 2.05) is 22.4 Å².